The molecule has 1 fully saturated rings. The molecule has 0 saturated heterocycles. The van der Waals surface area contributed by atoms with E-state index in [1.165, 1.54) is 38.5 Å². The molecule has 0 aromatic heterocycles. The van der Waals surface area contributed by atoms with Crippen LogP contribution in [-0.4, -0.2) is 12.6 Å². The molecule has 98 valence electrons. The van der Waals surface area contributed by atoms with Gasteiger partial charge >= 0.3 is 0 Å². The molecule has 0 bridgehead atoms. The van der Waals surface area contributed by atoms with E-state index in [0.29, 0.717) is 0 Å². The van der Waals surface area contributed by atoms with Crippen LogP contribution in [-0.2, 0) is 4.74 Å². The van der Waals surface area contributed by atoms with Crippen molar-refractivity contribution in [2.45, 2.75) is 63.8 Å². The molecule has 1 aliphatic heterocycles. The second-order valence-electron chi connectivity index (χ2n) is 5.41. The highest BCUT2D eigenvalue weighted by atomic mass is 16.5. The standard InChI is InChI=1S/C14H26N2O/c15-16-13(14-9-5-6-10-17-14)11-12-7-3-1-2-4-8-12/h9,12-13,16H,1-8,10-11,15H2. The Hall–Kier alpha value is -0.540. The van der Waals surface area contributed by atoms with Crippen LogP contribution in [0.3, 0.4) is 0 Å². The van der Waals surface area contributed by atoms with Crippen LogP contribution < -0.4 is 11.3 Å². The molecular formula is C14H26N2O. The monoisotopic (exact) mass is 238 g/mol. The predicted molar refractivity (Wildman–Crippen MR) is 70.2 cm³/mol. The molecule has 3 heteroatoms. The van der Waals surface area contributed by atoms with Gasteiger partial charge < -0.3 is 4.74 Å². The van der Waals surface area contributed by atoms with Crippen molar-refractivity contribution in [2.24, 2.45) is 11.8 Å². The van der Waals surface area contributed by atoms with Crippen LogP contribution >= 0.6 is 0 Å². The van der Waals surface area contributed by atoms with Gasteiger partial charge in [-0.3, -0.25) is 5.84 Å². The minimum absolute atomic E-state index is 0.235. The summed E-state index contributed by atoms with van der Waals surface area (Å²) in [5.41, 5.74) is 2.95. The first-order chi connectivity index (χ1) is 8.40. The van der Waals surface area contributed by atoms with Crippen molar-refractivity contribution in [1.29, 1.82) is 0 Å². The Bertz CT molecular complexity index is 245. The number of allylic oxidation sites excluding steroid dienone is 1. The van der Waals surface area contributed by atoms with Gasteiger partial charge in [0.15, 0.2) is 0 Å². The Morgan fingerprint density at radius 1 is 1.24 bits per heavy atom. The summed E-state index contributed by atoms with van der Waals surface area (Å²) in [7, 11) is 0. The van der Waals surface area contributed by atoms with Gasteiger partial charge in [-0.1, -0.05) is 38.5 Å². The maximum absolute atomic E-state index is 5.72. The number of hydrogen-bond donors (Lipinski definition) is 2. The lowest BCUT2D eigenvalue weighted by molar-refractivity contribution is 0.158. The van der Waals surface area contributed by atoms with Gasteiger partial charge in [0.1, 0.15) is 5.76 Å². The van der Waals surface area contributed by atoms with E-state index in [0.717, 1.165) is 37.5 Å². The lowest BCUT2D eigenvalue weighted by Gasteiger charge is -2.26. The largest absolute Gasteiger partial charge is 0.497 e. The third-order valence-corrected chi connectivity index (χ3v) is 4.05. The Kier molecular flexibility index (Phi) is 5.33. The summed E-state index contributed by atoms with van der Waals surface area (Å²) >= 11 is 0. The summed E-state index contributed by atoms with van der Waals surface area (Å²) in [6.07, 6.45) is 14.0. The van der Waals surface area contributed by atoms with Gasteiger partial charge in [0.2, 0.25) is 0 Å². The summed E-state index contributed by atoms with van der Waals surface area (Å²) in [4.78, 5) is 0. The number of hydrogen-bond acceptors (Lipinski definition) is 3. The van der Waals surface area contributed by atoms with Gasteiger partial charge in [0.05, 0.1) is 12.6 Å². The van der Waals surface area contributed by atoms with Crippen molar-refractivity contribution in [3.8, 4) is 0 Å². The van der Waals surface area contributed by atoms with Crippen molar-refractivity contribution >= 4 is 0 Å². The molecule has 0 spiro atoms. The van der Waals surface area contributed by atoms with Crippen LogP contribution in [0.5, 0.6) is 0 Å². The zero-order valence-electron chi connectivity index (χ0n) is 10.8. The predicted octanol–water partition coefficient (Wildman–Crippen LogP) is 2.87. The molecule has 3 N–H and O–H groups in total. The summed E-state index contributed by atoms with van der Waals surface area (Å²) in [5, 5.41) is 0. The Morgan fingerprint density at radius 3 is 2.59 bits per heavy atom. The molecule has 1 atom stereocenters. The molecule has 3 nitrogen and oxygen atoms in total. The average molecular weight is 238 g/mol. The van der Waals surface area contributed by atoms with E-state index >= 15 is 0 Å². The molecular weight excluding hydrogens is 212 g/mol. The van der Waals surface area contributed by atoms with Crippen LogP contribution in [0.15, 0.2) is 11.8 Å². The van der Waals surface area contributed by atoms with Crippen molar-refractivity contribution in [3.63, 3.8) is 0 Å². The van der Waals surface area contributed by atoms with Crippen LogP contribution in [0.2, 0.25) is 0 Å². The molecule has 1 aliphatic carbocycles. The highest BCUT2D eigenvalue weighted by Crippen LogP contribution is 2.28. The number of hydrazine groups is 1. The van der Waals surface area contributed by atoms with Gasteiger partial charge in [0.25, 0.3) is 0 Å². The summed E-state index contributed by atoms with van der Waals surface area (Å²) in [6.45, 7) is 0.856. The lowest BCUT2D eigenvalue weighted by atomic mass is 9.91. The third kappa shape index (κ3) is 4.00. The van der Waals surface area contributed by atoms with Gasteiger partial charge in [-0.2, -0.15) is 0 Å². The first-order valence-corrected chi connectivity index (χ1v) is 7.19. The summed E-state index contributed by atoms with van der Waals surface area (Å²) < 4.78 is 5.72. The second-order valence-corrected chi connectivity index (χ2v) is 5.41. The maximum atomic E-state index is 5.72. The highest BCUT2D eigenvalue weighted by Gasteiger charge is 2.22. The summed E-state index contributed by atoms with van der Waals surface area (Å²) in [6, 6.07) is 0.235. The maximum Gasteiger partial charge on any atom is 0.110 e. The number of nitrogens with two attached hydrogens (primary N) is 1. The van der Waals surface area contributed by atoms with Crippen molar-refractivity contribution in [1.82, 2.24) is 5.43 Å². The van der Waals surface area contributed by atoms with Crippen molar-refractivity contribution in [3.05, 3.63) is 11.8 Å². The fraction of sp³-hybridized carbons (Fsp3) is 0.857. The highest BCUT2D eigenvalue weighted by molar-refractivity contribution is 5.05. The van der Waals surface area contributed by atoms with Crippen LogP contribution in [0.25, 0.3) is 0 Å². The normalized spacial score (nSPS) is 24.6. The molecule has 1 saturated carbocycles. The van der Waals surface area contributed by atoms with Gasteiger partial charge in [0, 0.05) is 0 Å². The minimum Gasteiger partial charge on any atom is -0.497 e. The molecule has 0 amide bonds. The fourth-order valence-electron chi connectivity index (χ4n) is 3.02. The zero-order valence-corrected chi connectivity index (χ0v) is 10.8. The molecule has 1 heterocycles. The van der Waals surface area contributed by atoms with E-state index in [2.05, 4.69) is 11.5 Å². The van der Waals surface area contributed by atoms with E-state index in [-0.39, 0.29) is 6.04 Å². The first kappa shape index (κ1) is 12.9. The van der Waals surface area contributed by atoms with Gasteiger partial charge in [-0.25, -0.2) is 5.43 Å². The topological polar surface area (TPSA) is 47.3 Å². The molecule has 2 aliphatic rings. The number of rotatable bonds is 4. The first-order valence-electron chi connectivity index (χ1n) is 7.19. The minimum atomic E-state index is 0.235. The second kappa shape index (κ2) is 7.02. The number of ether oxygens (including phenoxy) is 1. The zero-order chi connectivity index (χ0) is 11.9. The molecule has 0 radical (unpaired) electrons. The molecule has 17 heavy (non-hydrogen) atoms. The quantitative estimate of drug-likeness (QED) is 0.450. The van der Waals surface area contributed by atoms with Crippen molar-refractivity contribution in [2.75, 3.05) is 6.61 Å². The van der Waals surface area contributed by atoms with E-state index in [9.17, 15) is 0 Å². The summed E-state index contributed by atoms with van der Waals surface area (Å²) in [5.74, 6) is 7.60. The van der Waals surface area contributed by atoms with Crippen LogP contribution in [0, 0.1) is 5.92 Å². The lowest BCUT2D eigenvalue weighted by Crippen LogP contribution is -2.39. The van der Waals surface area contributed by atoms with Crippen molar-refractivity contribution < 1.29 is 4.74 Å². The fourth-order valence-corrected chi connectivity index (χ4v) is 3.02. The molecule has 0 aromatic carbocycles. The Labute approximate surface area is 105 Å². The average Bonchev–Trinajstić information content (AvgIpc) is 2.65. The Morgan fingerprint density at radius 2 is 2.00 bits per heavy atom. The smallest absolute Gasteiger partial charge is 0.110 e. The van der Waals surface area contributed by atoms with E-state index in [4.69, 9.17) is 10.6 Å². The Balaban J connectivity index is 1.86. The SMILES string of the molecule is NNC(CC1CCCCCC1)C1=CCCCO1. The number of nitrogens with one attached hydrogen (secondary N) is 1. The molecule has 0 aromatic rings. The van der Waals surface area contributed by atoms with Gasteiger partial charge in [-0.05, 0) is 31.3 Å². The van der Waals surface area contributed by atoms with Crippen LogP contribution in [0.1, 0.15) is 57.8 Å². The van der Waals surface area contributed by atoms with Gasteiger partial charge in [-0.15, -0.1) is 0 Å². The molecule has 1 unspecified atom stereocenters. The van der Waals surface area contributed by atoms with E-state index in [1.54, 1.807) is 0 Å². The molecule has 2 rings (SSSR count). The van der Waals surface area contributed by atoms with E-state index in [1.807, 2.05) is 0 Å². The van der Waals surface area contributed by atoms with E-state index < -0.39 is 0 Å². The third-order valence-electron chi connectivity index (χ3n) is 4.05. The van der Waals surface area contributed by atoms with Crippen LogP contribution in [0.4, 0.5) is 0 Å².